The normalized spacial score (nSPS) is 15.9. The third-order valence-electron chi connectivity index (χ3n) is 10.1. The number of pyridine rings is 2. The number of nitrogens with zero attached hydrogens (tertiary/aromatic N) is 5. The highest BCUT2D eigenvalue weighted by molar-refractivity contribution is 5.96. The molecule has 4 heterocycles. The molecule has 0 radical (unpaired) electrons. The van der Waals surface area contributed by atoms with E-state index < -0.39 is 0 Å². The minimum Gasteiger partial charge on any atom is -0.329 e. The molecule has 2 aromatic carbocycles. The van der Waals surface area contributed by atoms with Crippen LogP contribution >= 0.6 is 0 Å². The molecular formula is C42H46N6O. The van der Waals surface area contributed by atoms with E-state index in [4.69, 9.17) is 9.97 Å². The van der Waals surface area contributed by atoms with E-state index in [2.05, 4.69) is 87.4 Å². The third-order valence-corrected chi connectivity index (χ3v) is 10.1. The molecule has 7 rings (SSSR count). The molecule has 1 amide bonds. The van der Waals surface area contributed by atoms with Gasteiger partial charge in [-0.05, 0) is 99.5 Å². The minimum atomic E-state index is -0.0618. The van der Waals surface area contributed by atoms with Crippen molar-refractivity contribution in [2.75, 3.05) is 19.6 Å². The van der Waals surface area contributed by atoms with Gasteiger partial charge in [0.05, 0.1) is 17.4 Å². The minimum absolute atomic E-state index is 0.0618. The number of nitrogens with one attached hydrogen (secondary N) is 1. The molecular weight excluding hydrogens is 605 g/mol. The van der Waals surface area contributed by atoms with Crippen molar-refractivity contribution in [2.24, 2.45) is 0 Å². The molecule has 0 atom stereocenters. The van der Waals surface area contributed by atoms with Crippen molar-refractivity contribution in [2.45, 2.75) is 71.3 Å². The summed E-state index contributed by atoms with van der Waals surface area (Å²) in [5.74, 6) is 1.30. The van der Waals surface area contributed by atoms with E-state index in [1.807, 2.05) is 37.5 Å². The van der Waals surface area contributed by atoms with Crippen LogP contribution in [0.2, 0.25) is 0 Å². The molecule has 7 heteroatoms. The van der Waals surface area contributed by atoms with Gasteiger partial charge in [0.25, 0.3) is 5.91 Å². The molecule has 1 aliphatic heterocycles. The van der Waals surface area contributed by atoms with Crippen LogP contribution < -0.4 is 5.32 Å². The second-order valence-electron chi connectivity index (χ2n) is 13.6. The summed E-state index contributed by atoms with van der Waals surface area (Å²) < 4.78 is 2.23. The Balaban J connectivity index is 1.05. The molecule has 5 aromatic rings. The fourth-order valence-electron chi connectivity index (χ4n) is 7.40. The second kappa shape index (κ2) is 15.1. The standard InChI is InChI=1S/C42H46N6O/c1-30-14-17-34(18-15-30)36(21-26-47-24-5-6-25-47)39-13-7-11-35(46-39)12-8-22-44-42(49)37-19-16-32(27-38(37)33-9-3-4-10-33)29-48-31(2)45-40-28-43-23-20-41(40)48/h7-8,11,13-23,27-28,33H,3-6,9-10,12,24-26,29H2,1-2H3,(H,44,49). The summed E-state index contributed by atoms with van der Waals surface area (Å²) >= 11 is 0. The van der Waals surface area contributed by atoms with Crippen molar-refractivity contribution in [3.8, 4) is 0 Å². The molecule has 2 fully saturated rings. The number of aryl methyl sites for hydroxylation is 2. The first-order valence-corrected chi connectivity index (χ1v) is 17.8. The van der Waals surface area contributed by atoms with Crippen LogP contribution in [0.4, 0.5) is 0 Å². The zero-order valence-corrected chi connectivity index (χ0v) is 28.7. The molecule has 3 aromatic heterocycles. The van der Waals surface area contributed by atoms with Crippen molar-refractivity contribution in [3.05, 3.63) is 143 Å². The van der Waals surface area contributed by atoms with Crippen LogP contribution in [-0.4, -0.2) is 50.0 Å². The van der Waals surface area contributed by atoms with E-state index in [9.17, 15) is 4.79 Å². The van der Waals surface area contributed by atoms with Gasteiger partial charge in [-0.25, -0.2) is 4.98 Å². The molecule has 250 valence electrons. The summed E-state index contributed by atoms with van der Waals surface area (Å²) in [5, 5.41) is 3.07. The van der Waals surface area contributed by atoms with E-state index >= 15 is 0 Å². The fourth-order valence-corrected chi connectivity index (χ4v) is 7.40. The van der Waals surface area contributed by atoms with Gasteiger partial charge in [0.1, 0.15) is 11.3 Å². The predicted molar refractivity (Wildman–Crippen MR) is 197 cm³/mol. The van der Waals surface area contributed by atoms with Crippen molar-refractivity contribution in [3.63, 3.8) is 0 Å². The number of hydrogen-bond acceptors (Lipinski definition) is 5. The first-order chi connectivity index (χ1) is 24.0. The second-order valence-corrected chi connectivity index (χ2v) is 13.6. The quantitative estimate of drug-likeness (QED) is 0.156. The van der Waals surface area contributed by atoms with Gasteiger partial charge < -0.3 is 9.88 Å². The first-order valence-electron chi connectivity index (χ1n) is 17.8. The highest BCUT2D eigenvalue weighted by Gasteiger charge is 2.23. The number of allylic oxidation sites excluding steroid dienone is 1. The van der Waals surface area contributed by atoms with Gasteiger partial charge in [-0.3, -0.25) is 19.7 Å². The lowest BCUT2D eigenvalue weighted by Crippen LogP contribution is -2.20. The third kappa shape index (κ3) is 7.73. The number of amides is 1. The molecule has 1 N–H and O–H groups in total. The average Bonchev–Trinajstić information content (AvgIpc) is 3.91. The summed E-state index contributed by atoms with van der Waals surface area (Å²) in [6.07, 6.45) is 17.6. The van der Waals surface area contributed by atoms with E-state index in [-0.39, 0.29) is 5.91 Å². The summed E-state index contributed by atoms with van der Waals surface area (Å²) in [4.78, 5) is 30.1. The number of benzene rings is 2. The van der Waals surface area contributed by atoms with Gasteiger partial charge in [0, 0.05) is 48.7 Å². The number of carbonyl (C=O) groups is 1. The monoisotopic (exact) mass is 650 g/mol. The number of fused-ring (bicyclic) bond motifs is 1. The van der Waals surface area contributed by atoms with E-state index in [0.717, 1.165) is 71.8 Å². The largest absolute Gasteiger partial charge is 0.329 e. The smallest absolute Gasteiger partial charge is 0.255 e. The van der Waals surface area contributed by atoms with Gasteiger partial charge in [0.2, 0.25) is 0 Å². The van der Waals surface area contributed by atoms with Gasteiger partial charge >= 0.3 is 0 Å². The maximum atomic E-state index is 13.6. The Morgan fingerprint density at radius 3 is 2.57 bits per heavy atom. The van der Waals surface area contributed by atoms with E-state index in [0.29, 0.717) is 18.9 Å². The molecule has 1 saturated carbocycles. The predicted octanol–water partition coefficient (Wildman–Crippen LogP) is 8.16. The van der Waals surface area contributed by atoms with Crippen LogP contribution in [0.15, 0.2) is 97.5 Å². The Morgan fingerprint density at radius 2 is 1.76 bits per heavy atom. The highest BCUT2D eigenvalue weighted by atomic mass is 16.1. The van der Waals surface area contributed by atoms with Gasteiger partial charge in [-0.2, -0.15) is 0 Å². The fraction of sp³-hybridized carbons (Fsp3) is 0.333. The van der Waals surface area contributed by atoms with Crippen LogP contribution in [0.1, 0.15) is 94.3 Å². The summed E-state index contributed by atoms with van der Waals surface area (Å²) in [6.45, 7) is 8.12. The van der Waals surface area contributed by atoms with E-state index in [1.54, 1.807) is 6.20 Å². The Morgan fingerprint density at radius 1 is 0.939 bits per heavy atom. The molecule has 1 saturated heterocycles. The van der Waals surface area contributed by atoms with Gasteiger partial charge in [0.15, 0.2) is 0 Å². The summed E-state index contributed by atoms with van der Waals surface area (Å²) in [5.41, 5.74) is 10.6. The zero-order valence-electron chi connectivity index (χ0n) is 28.7. The van der Waals surface area contributed by atoms with Gasteiger partial charge in [-0.1, -0.05) is 73.0 Å². The maximum absolute atomic E-state index is 13.6. The molecule has 7 nitrogen and oxygen atoms in total. The Bertz CT molecular complexity index is 1980. The topological polar surface area (TPSA) is 75.9 Å². The molecule has 2 aliphatic rings. The molecule has 0 unspecified atom stereocenters. The lowest BCUT2D eigenvalue weighted by molar-refractivity contribution is 0.0968. The van der Waals surface area contributed by atoms with Crippen molar-refractivity contribution in [1.82, 2.24) is 29.7 Å². The number of likely N-dealkylation sites (tertiary alicyclic amines) is 1. The molecule has 0 spiro atoms. The summed E-state index contributed by atoms with van der Waals surface area (Å²) in [7, 11) is 0. The number of aromatic nitrogens is 4. The van der Waals surface area contributed by atoms with E-state index in [1.165, 1.54) is 47.9 Å². The van der Waals surface area contributed by atoms with Crippen molar-refractivity contribution < 1.29 is 4.79 Å². The van der Waals surface area contributed by atoms with Crippen molar-refractivity contribution in [1.29, 1.82) is 0 Å². The van der Waals surface area contributed by atoms with Crippen LogP contribution in [-0.2, 0) is 13.0 Å². The van der Waals surface area contributed by atoms with Crippen LogP contribution in [0.5, 0.6) is 0 Å². The Kier molecular flexibility index (Phi) is 10.1. The highest BCUT2D eigenvalue weighted by Crippen LogP contribution is 2.36. The Hall–Kier alpha value is -4.88. The average molecular weight is 651 g/mol. The number of hydrogen-bond donors (Lipinski definition) is 1. The van der Waals surface area contributed by atoms with Crippen LogP contribution in [0, 0.1) is 13.8 Å². The maximum Gasteiger partial charge on any atom is 0.255 e. The van der Waals surface area contributed by atoms with Crippen LogP contribution in [0.3, 0.4) is 0 Å². The lowest BCUT2D eigenvalue weighted by atomic mass is 9.90. The number of imidazole rings is 1. The summed E-state index contributed by atoms with van der Waals surface area (Å²) in [6, 6.07) is 23.3. The van der Waals surface area contributed by atoms with Gasteiger partial charge in [-0.15, -0.1) is 0 Å². The SMILES string of the molecule is Cc1ccc(C(=CCN2CCCC2)c2cccc(CC=CNC(=O)c3ccc(Cn4c(C)nc5cnccc54)cc3C3CCCC3)n2)cc1. The van der Waals surface area contributed by atoms with Crippen LogP contribution in [0.25, 0.3) is 16.6 Å². The molecule has 1 aliphatic carbocycles. The molecule has 49 heavy (non-hydrogen) atoms. The van der Waals surface area contributed by atoms with Crippen molar-refractivity contribution >= 4 is 22.5 Å². The first kappa shape index (κ1) is 32.7. The number of rotatable bonds is 11. The molecule has 0 bridgehead atoms. The number of carbonyl (C=O) groups excluding carboxylic acids is 1. The Labute approximate surface area is 289 Å². The lowest BCUT2D eigenvalue weighted by Gasteiger charge is -2.17. The zero-order chi connectivity index (χ0) is 33.6.